The van der Waals surface area contributed by atoms with Crippen molar-refractivity contribution >= 4 is 46.6 Å². The molecule has 4 rings (SSSR count). The van der Waals surface area contributed by atoms with Crippen LogP contribution < -0.4 is 16.0 Å². The summed E-state index contributed by atoms with van der Waals surface area (Å²) in [6.45, 7) is 6.32. The summed E-state index contributed by atoms with van der Waals surface area (Å²) in [5.74, 6) is 0.758. The van der Waals surface area contributed by atoms with E-state index in [1.165, 1.54) is 7.05 Å². The van der Waals surface area contributed by atoms with E-state index in [1.807, 2.05) is 24.3 Å². The van der Waals surface area contributed by atoms with Crippen LogP contribution in [-0.2, 0) is 0 Å². The van der Waals surface area contributed by atoms with Crippen LogP contribution in [0.2, 0.25) is 10.2 Å². The molecular weight excluding hydrogens is 487 g/mol. The largest absolute Gasteiger partial charge is 0.382 e. The molecule has 0 radical (unpaired) electrons. The van der Waals surface area contributed by atoms with Crippen LogP contribution in [-0.4, -0.2) is 83.4 Å². The van der Waals surface area contributed by atoms with Crippen molar-refractivity contribution in [2.75, 3.05) is 50.4 Å². The average molecular weight is 519 g/mol. The number of carbonyl (C=O) groups excluding carboxylic acids is 1. The second-order valence-electron chi connectivity index (χ2n) is 8.97. The summed E-state index contributed by atoms with van der Waals surface area (Å²) in [5, 5.41) is 12.0. The van der Waals surface area contributed by atoms with Gasteiger partial charge in [0.2, 0.25) is 0 Å². The van der Waals surface area contributed by atoms with E-state index in [0.29, 0.717) is 28.8 Å². The zero-order chi connectivity index (χ0) is 25.1. The Morgan fingerprint density at radius 1 is 1.14 bits per heavy atom. The van der Waals surface area contributed by atoms with Crippen LogP contribution in [0, 0.1) is 5.41 Å². The molecule has 1 aromatic heterocycles. The molecule has 2 aliphatic heterocycles. The number of benzene rings is 1. The molecule has 4 N–H and O–H groups in total. The van der Waals surface area contributed by atoms with Gasteiger partial charge in [-0.05, 0) is 43.5 Å². The third kappa shape index (κ3) is 5.47. The van der Waals surface area contributed by atoms with Gasteiger partial charge in [-0.15, -0.1) is 0 Å². The van der Waals surface area contributed by atoms with E-state index in [1.54, 1.807) is 0 Å². The van der Waals surface area contributed by atoms with Crippen molar-refractivity contribution < 1.29 is 4.79 Å². The Bertz CT molecular complexity index is 1070. The number of carbonyl (C=O) groups is 1. The zero-order valence-corrected chi connectivity index (χ0v) is 21.6. The number of nitrogens with two attached hydrogens (primary N) is 1. The molecule has 2 saturated heterocycles. The molecule has 0 spiro atoms. The first kappa shape index (κ1) is 25.5. The molecule has 1 amide bonds. The third-order valence-electron chi connectivity index (χ3n) is 6.97. The molecule has 2 fully saturated rings. The van der Waals surface area contributed by atoms with E-state index in [2.05, 4.69) is 36.9 Å². The number of hydrogen-bond acceptors (Lipinski definition) is 7. The van der Waals surface area contributed by atoms with Gasteiger partial charge in [-0.2, -0.15) is 0 Å². The Kier molecular flexibility index (Phi) is 7.98. The molecule has 3 heterocycles. The maximum absolute atomic E-state index is 12.0. The summed E-state index contributed by atoms with van der Waals surface area (Å²) in [7, 11) is 1.52. The minimum Gasteiger partial charge on any atom is -0.382 e. The molecule has 2 aromatic rings. The second-order valence-corrected chi connectivity index (χ2v) is 9.77. The summed E-state index contributed by atoms with van der Waals surface area (Å²) in [6.07, 6.45) is 3.02. The van der Waals surface area contributed by atoms with Gasteiger partial charge in [0.1, 0.15) is 5.84 Å². The van der Waals surface area contributed by atoms with E-state index in [0.717, 1.165) is 57.5 Å². The number of halogens is 2. The highest BCUT2D eigenvalue weighted by molar-refractivity contribution is 6.32. The predicted octanol–water partition coefficient (Wildman–Crippen LogP) is 3.12. The van der Waals surface area contributed by atoms with Gasteiger partial charge in [-0.25, -0.2) is 9.97 Å². The van der Waals surface area contributed by atoms with Crippen LogP contribution in [0.5, 0.6) is 0 Å². The Morgan fingerprint density at radius 2 is 1.83 bits per heavy atom. The van der Waals surface area contributed by atoms with E-state index in [9.17, 15) is 4.79 Å². The van der Waals surface area contributed by atoms with Crippen molar-refractivity contribution in [1.82, 2.24) is 25.1 Å². The fraction of sp³-hybridized carbons (Fsp3) is 0.500. The number of amidine groups is 1. The first-order valence-corrected chi connectivity index (χ1v) is 12.7. The standard InChI is InChI=1S/C24H32Cl2N8O/c1-3-17-14-33(23-20(26)30-19(21(27)31-23)24(35)29-2)12-13-34(17)18-8-10-32(11-9-18)22(28)15-4-6-16(25)7-5-15/h4-7,17-18,28H,3,8-14H2,1-2H3,(H2,27,31)(H,29,35)/t17-/m0/s1. The normalized spacial score (nSPS) is 19.6. The molecule has 1 aromatic carbocycles. The highest BCUT2D eigenvalue weighted by atomic mass is 35.5. The first-order chi connectivity index (χ1) is 16.8. The number of aromatic nitrogens is 2. The predicted molar refractivity (Wildman–Crippen MR) is 141 cm³/mol. The van der Waals surface area contributed by atoms with Crippen molar-refractivity contribution in [3.8, 4) is 0 Å². The molecule has 1 atom stereocenters. The van der Waals surface area contributed by atoms with Gasteiger partial charge in [-0.1, -0.05) is 30.1 Å². The number of nitrogens with zero attached hydrogens (tertiary/aromatic N) is 5. The molecule has 11 heteroatoms. The molecule has 9 nitrogen and oxygen atoms in total. The topological polar surface area (TPSA) is 114 Å². The third-order valence-corrected chi connectivity index (χ3v) is 7.48. The molecule has 0 saturated carbocycles. The maximum Gasteiger partial charge on any atom is 0.273 e. The monoisotopic (exact) mass is 518 g/mol. The molecule has 2 aliphatic rings. The maximum atomic E-state index is 12.0. The number of anilines is 2. The summed E-state index contributed by atoms with van der Waals surface area (Å²) < 4.78 is 0. The number of nitrogens with one attached hydrogen (secondary N) is 2. The molecule has 0 aliphatic carbocycles. The number of piperidine rings is 1. The zero-order valence-electron chi connectivity index (χ0n) is 20.1. The van der Waals surface area contributed by atoms with Gasteiger partial charge in [0.15, 0.2) is 22.5 Å². The van der Waals surface area contributed by atoms with Gasteiger partial charge >= 0.3 is 0 Å². The summed E-state index contributed by atoms with van der Waals surface area (Å²) >= 11 is 12.4. The van der Waals surface area contributed by atoms with Gasteiger partial charge in [0.05, 0.1) is 0 Å². The minimum atomic E-state index is -0.407. The van der Waals surface area contributed by atoms with E-state index in [-0.39, 0.29) is 16.7 Å². The van der Waals surface area contributed by atoms with Crippen molar-refractivity contribution in [2.24, 2.45) is 0 Å². The lowest BCUT2D eigenvalue weighted by atomic mass is 9.97. The fourth-order valence-corrected chi connectivity index (χ4v) is 5.40. The fourth-order valence-electron chi connectivity index (χ4n) is 5.02. The van der Waals surface area contributed by atoms with E-state index in [4.69, 9.17) is 34.3 Å². The highest BCUT2D eigenvalue weighted by Crippen LogP contribution is 2.30. The van der Waals surface area contributed by atoms with Crippen LogP contribution >= 0.6 is 23.2 Å². The van der Waals surface area contributed by atoms with Crippen molar-refractivity contribution in [3.63, 3.8) is 0 Å². The first-order valence-electron chi connectivity index (χ1n) is 12.0. The van der Waals surface area contributed by atoms with Crippen molar-refractivity contribution in [3.05, 3.63) is 45.7 Å². The van der Waals surface area contributed by atoms with Crippen molar-refractivity contribution in [1.29, 1.82) is 5.41 Å². The number of piperazine rings is 1. The number of hydrogen-bond donors (Lipinski definition) is 3. The molecular formula is C24H32Cl2N8O. The molecule has 35 heavy (non-hydrogen) atoms. The number of rotatable bonds is 5. The lowest BCUT2D eigenvalue weighted by Crippen LogP contribution is -2.58. The van der Waals surface area contributed by atoms with Gasteiger partial charge in [0, 0.05) is 62.4 Å². The van der Waals surface area contributed by atoms with Gasteiger partial charge < -0.3 is 20.9 Å². The molecule has 188 valence electrons. The smallest absolute Gasteiger partial charge is 0.273 e. The number of likely N-dealkylation sites (tertiary alicyclic amines) is 1. The van der Waals surface area contributed by atoms with Crippen LogP contribution in [0.4, 0.5) is 11.6 Å². The Labute approximate surface area is 216 Å². The van der Waals surface area contributed by atoms with Crippen LogP contribution in [0.1, 0.15) is 42.2 Å². The van der Waals surface area contributed by atoms with Crippen LogP contribution in [0.15, 0.2) is 24.3 Å². The quantitative estimate of drug-likeness (QED) is 0.411. The van der Waals surface area contributed by atoms with E-state index >= 15 is 0 Å². The van der Waals surface area contributed by atoms with Crippen LogP contribution in [0.25, 0.3) is 0 Å². The summed E-state index contributed by atoms with van der Waals surface area (Å²) in [5.41, 5.74) is 6.95. The summed E-state index contributed by atoms with van der Waals surface area (Å²) in [4.78, 5) is 27.5. The van der Waals surface area contributed by atoms with Crippen LogP contribution in [0.3, 0.4) is 0 Å². The average Bonchev–Trinajstić information content (AvgIpc) is 2.89. The van der Waals surface area contributed by atoms with E-state index < -0.39 is 5.91 Å². The van der Waals surface area contributed by atoms with Crippen molar-refractivity contribution in [2.45, 2.75) is 38.3 Å². The Morgan fingerprint density at radius 3 is 2.46 bits per heavy atom. The number of amides is 1. The van der Waals surface area contributed by atoms with Gasteiger partial charge in [0.25, 0.3) is 5.91 Å². The second kappa shape index (κ2) is 11.0. The lowest BCUT2D eigenvalue weighted by molar-refractivity contribution is 0.0784. The number of nitrogen functional groups attached to an aromatic ring is 1. The molecule has 0 unspecified atom stereocenters. The SMILES string of the molecule is CC[C@H]1CN(c2nc(N)c(C(=O)NC)nc2Cl)CCN1C1CCN(C(=N)c2ccc(Cl)cc2)CC1. The minimum absolute atomic E-state index is 0.0443. The van der Waals surface area contributed by atoms with Gasteiger partial charge in [-0.3, -0.25) is 15.1 Å². The Balaban J connectivity index is 1.39. The highest BCUT2D eigenvalue weighted by Gasteiger charge is 2.35. The summed E-state index contributed by atoms with van der Waals surface area (Å²) in [6, 6.07) is 8.29. The molecule has 0 bridgehead atoms. The Hall–Kier alpha value is -2.62. The lowest BCUT2D eigenvalue weighted by Gasteiger charge is -2.48.